The molecule has 2 rings (SSSR count). The van der Waals surface area contributed by atoms with Crippen molar-refractivity contribution < 1.29 is 0 Å². The molecular weight excluding hydrogens is 257 g/mol. The average molecular weight is 270 g/mol. The van der Waals surface area contributed by atoms with Crippen molar-refractivity contribution in [2.75, 3.05) is 7.05 Å². The number of benzene rings is 1. The Morgan fingerprint density at radius 1 is 1.41 bits per heavy atom. The number of halogens is 2. The Morgan fingerprint density at radius 3 is 2.88 bits per heavy atom. The Balaban J connectivity index is 2.22. The van der Waals surface area contributed by atoms with Crippen LogP contribution in [0.1, 0.15) is 17.4 Å². The summed E-state index contributed by atoms with van der Waals surface area (Å²) in [5.41, 5.74) is 1.01. The Labute approximate surface area is 110 Å². The summed E-state index contributed by atoms with van der Waals surface area (Å²) in [5.74, 6) is 0.892. The van der Waals surface area contributed by atoms with Gasteiger partial charge in [-0.05, 0) is 25.1 Å². The van der Waals surface area contributed by atoms with Gasteiger partial charge < -0.3 is 10.3 Å². The summed E-state index contributed by atoms with van der Waals surface area (Å²) in [6.45, 7) is 0. The molecular formula is C12H13Cl2N3. The second kappa shape index (κ2) is 5.54. The Morgan fingerprint density at radius 2 is 2.24 bits per heavy atom. The second-order valence-corrected chi connectivity index (χ2v) is 4.52. The van der Waals surface area contributed by atoms with Crippen LogP contribution >= 0.6 is 23.2 Å². The van der Waals surface area contributed by atoms with E-state index in [4.69, 9.17) is 23.2 Å². The van der Waals surface area contributed by atoms with Gasteiger partial charge in [0.25, 0.3) is 0 Å². The van der Waals surface area contributed by atoms with Crippen LogP contribution in [0.2, 0.25) is 10.0 Å². The maximum Gasteiger partial charge on any atom is 0.123 e. The minimum atomic E-state index is 0.0981. The number of aromatic nitrogens is 2. The SMILES string of the molecule is CNC(Cc1cccc(Cl)c1Cl)c1ncc[nH]1. The van der Waals surface area contributed by atoms with Crippen LogP contribution in [0.4, 0.5) is 0 Å². The number of H-pyrrole nitrogens is 1. The smallest absolute Gasteiger partial charge is 0.123 e. The topological polar surface area (TPSA) is 40.7 Å². The van der Waals surface area contributed by atoms with E-state index in [1.165, 1.54) is 0 Å². The average Bonchev–Trinajstić information content (AvgIpc) is 2.85. The molecule has 2 N–H and O–H groups in total. The van der Waals surface area contributed by atoms with Crippen molar-refractivity contribution in [2.45, 2.75) is 12.5 Å². The number of rotatable bonds is 4. The van der Waals surface area contributed by atoms with Crippen molar-refractivity contribution in [3.05, 3.63) is 52.0 Å². The zero-order valence-electron chi connectivity index (χ0n) is 9.37. The Bertz CT molecular complexity index is 483. The highest BCUT2D eigenvalue weighted by Crippen LogP contribution is 2.28. The molecule has 3 nitrogen and oxygen atoms in total. The van der Waals surface area contributed by atoms with E-state index in [-0.39, 0.29) is 6.04 Å². The number of nitrogens with zero attached hydrogens (tertiary/aromatic N) is 1. The lowest BCUT2D eigenvalue weighted by Gasteiger charge is -2.15. The molecule has 0 amide bonds. The molecule has 90 valence electrons. The van der Waals surface area contributed by atoms with E-state index >= 15 is 0 Å². The molecule has 1 aromatic heterocycles. The number of imidazole rings is 1. The first kappa shape index (κ1) is 12.4. The van der Waals surface area contributed by atoms with E-state index in [0.717, 1.165) is 17.8 Å². The van der Waals surface area contributed by atoms with Gasteiger partial charge in [0.05, 0.1) is 16.1 Å². The van der Waals surface area contributed by atoms with E-state index in [2.05, 4.69) is 15.3 Å². The van der Waals surface area contributed by atoms with Gasteiger partial charge in [-0.3, -0.25) is 0 Å². The van der Waals surface area contributed by atoms with Gasteiger partial charge in [-0.25, -0.2) is 4.98 Å². The van der Waals surface area contributed by atoms with Crippen LogP contribution in [0.25, 0.3) is 0 Å². The molecule has 1 aromatic carbocycles. The molecule has 0 aliphatic carbocycles. The highest BCUT2D eigenvalue weighted by atomic mass is 35.5. The molecule has 0 saturated carbocycles. The summed E-state index contributed by atoms with van der Waals surface area (Å²) in [5, 5.41) is 4.40. The highest BCUT2D eigenvalue weighted by molar-refractivity contribution is 6.42. The maximum atomic E-state index is 6.17. The molecule has 0 radical (unpaired) electrons. The number of likely N-dealkylation sites (N-methyl/N-ethyl adjacent to an activating group) is 1. The first-order valence-electron chi connectivity index (χ1n) is 5.31. The van der Waals surface area contributed by atoms with E-state index in [1.807, 2.05) is 19.2 Å². The van der Waals surface area contributed by atoms with Crippen LogP contribution in [-0.2, 0) is 6.42 Å². The summed E-state index contributed by atoms with van der Waals surface area (Å²) < 4.78 is 0. The number of hydrogen-bond donors (Lipinski definition) is 2. The second-order valence-electron chi connectivity index (χ2n) is 3.73. The van der Waals surface area contributed by atoms with Gasteiger partial charge in [0.1, 0.15) is 5.82 Å². The third kappa shape index (κ3) is 2.80. The number of aromatic amines is 1. The minimum absolute atomic E-state index is 0.0981. The number of nitrogens with one attached hydrogen (secondary N) is 2. The molecule has 0 bridgehead atoms. The monoisotopic (exact) mass is 269 g/mol. The lowest BCUT2D eigenvalue weighted by atomic mass is 10.1. The van der Waals surface area contributed by atoms with Crippen LogP contribution in [0, 0.1) is 0 Å². The van der Waals surface area contributed by atoms with Crippen molar-refractivity contribution in [1.82, 2.24) is 15.3 Å². The standard InChI is InChI=1S/C12H13Cl2N3/c1-15-10(12-16-5-6-17-12)7-8-3-2-4-9(13)11(8)14/h2-6,10,15H,7H2,1H3,(H,16,17). The fraction of sp³-hybridized carbons (Fsp3) is 0.250. The van der Waals surface area contributed by atoms with Gasteiger partial charge in [-0.2, -0.15) is 0 Å². The molecule has 17 heavy (non-hydrogen) atoms. The maximum absolute atomic E-state index is 6.17. The minimum Gasteiger partial charge on any atom is -0.347 e. The predicted octanol–water partition coefficient (Wildman–Crippen LogP) is 3.22. The molecule has 1 unspecified atom stereocenters. The molecule has 0 aliphatic heterocycles. The summed E-state index contributed by atoms with van der Waals surface area (Å²) in [7, 11) is 1.89. The molecule has 0 spiro atoms. The van der Waals surface area contributed by atoms with E-state index in [1.54, 1.807) is 18.5 Å². The summed E-state index contributed by atoms with van der Waals surface area (Å²) in [6, 6.07) is 5.76. The van der Waals surface area contributed by atoms with Crippen molar-refractivity contribution in [2.24, 2.45) is 0 Å². The lowest BCUT2D eigenvalue weighted by molar-refractivity contribution is 0.563. The summed E-state index contributed by atoms with van der Waals surface area (Å²) in [6.07, 6.45) is 4.28. The van der Waals surface area contributed by atoms with Crippen molar-refractivity contribution in [3.8, 4) is 0 Å². The van der Waals surface area contributed by atoms with E-state index < -0.39 is 0 Å². The summed E-state index contributed by atoms with van der Waals surface area (Å²) >= 11 is 12.2. The predicted molar refractivity (Wildman–Crippen MR) is 70.6 cm³/mol. The normalized spacial score (nSPS) is 12.6. The van der Waals surface area contributed by atoms with Gasteiger partial charge >= 0.3 is 0 Å². The van der Waals surface area contributed by atoms with Crippen LogP contribution in [-0.4, -0.2) is 17.0 Å². The summed E-state index contributed by atoms with van der Waals surface area (Å²) in [4.78, 5) is 7.33. The largest absolute Gasteiger partial charge is 0.347 e. The first-order valence-corrected chi connectivity index (χ1v) is 6.07. The lowest BCUT2D eigenvalue weighted by Crippen LogP contribution is -2.20. The molecule has 5 heteroatoms. The van der Waals surface area contributed by atoms with Gasteiger partial charge in [-0.15, -0.1) is 0 Å². The molecule has 0 fully saturated rings. The van der Waals surface area contributed by atoms with Crippen molar-refractivity contribution in [3.63, 3.8) is 0 Å². The molecule has 1 heterocycles. The van der Waals surface area contributed by atoms with Crippen molar-refractivity contribution in [1.29, 1.82) is 0 Å². The van der Waals surface area contributed by atoms with Crippen LogP contribution in [0.15, 0.2) is 30.6 Å². The van der Waals surface area contributed by atoms with Gasteiger partial charge in [-0.1, -0.05) is 35.3 Å². The molecule has 0 aliphatic rings. The zero-order valence-corrected chi connectivity index (χ0v) is 10.9. The fourth-order valence-electron chi connectivity index (χ4n) is 1.73. The zero-order chi connectivity index (χ0) is 12.3. The van der Waals surface area contributed by atoms with Crippen LogP contribution in [0.3, 0.4) is 0 Å². The third-order valence-electron chi connectivity index (χ3n) is 2.65. The van der Waals surface area contributed by atoms with E-state index in [0.29, 0.717) is 10.0 Å². The van der Waals surface area contributed by atoms with Gasteiger partial charge in [0.15, 0.2) is 0 Å². The van der Waals surface area contributed by atoms with Crippen molar-refractivity contribution >= 4 is 23.2 Å². The fourth-order valence-corrected chi connectivity index (χ4v) is 2.13. The molecule has 1 atom stereocenters. The van der Waals surface area contributed by atoms with Gasteiger partial charge in [0, 0.05) is 12.4 Å². The first-order chi connectivity index (χ1) is 8.22. The molecule has 2 aromatic rings. The third-order valence-corrected chi connectivity index (χ3v) is 3.51. The van der Waals surface area contributed by atoms with Gasteiger partial charge in [0.2, 0.25) is 0 Å². The quantitative estimate of drug-likeness (QED) is 0.895. The van der Waals surface area contributed by atoms with E-state index in [9.17, 15) is 0 Å². The van der Waals surface area contributed by atoms with Crippen LogP contribution in [0.5, 0.6) is 0 Å². The highest BCUT2D eigenvalue weighted by Gasteiger charge is 2.14. The van der Waals surface area contributed by atoms with Crippen LogP contribution < -0.4 is 5.32 Å². The Kier molecular flexibility index (Phi) is 4.05. The molecule has 0 saturated heterocycles. The number of hydrogen-bond acceptors (Lipinski definition) is 2. The Hall–Kier alpha value is -1.03.